The molecule has 0 aromatic heterocycles. The van der Waals surface area contributed by atoms with Crippen molar-refractivity contribution in [2.24, 2.45) is 0 Å². The molecule has 4 nitrogen and oxygen atoms in total. The van der Waals surface area contributed by atoms with E-state index in [9.17, 15) is 4.79 Å². The molecule has 0 aliphatic carbocycles. The maximum absolute atomic E-state index is 10.9. The van der Waals surface area contributed by atoms with Crippen LogP contribution in [0.4, 0.5) is 0 Å². The highest BCUT2D eigenvalue weighted by molar-refractivity contribution is 5.69. The fraction of sp³-hybridized carbons (Fsp3) is 0.923. The summed E-state index contributed by atoms with van der Waals surface area (Å²) < 4.78 is 0. The number of fused-ring (bicyclic) bond motifs is 2. The summed E-state index contributed by atoms with van der Waals surface area (Å²) in [6, 6.07) is 1.86. The third-order valence-electron chi connectivity index (χ3n) is 4.44. The number of aliphatic carboxylic acids is 1. The standard InChI is InChI=1S/C13H24N2O2/c1-3-6-15(9-13(16)17)12-7-10-4-5-11(8-12)14(10)2/h10-12H,3-9H2,1-2H3,(H,16,17). The van der Waals surface area contributed by atoms with E-state index in [4.69, 9.17) is 5.11 Å². The number of rotatable bonds is 5. The summed E-state index contributed by atoms with van der Waals surface area (Å²) >= 11 is 0. The Bertz CT molecular complexity index is 269. The Hall–Kier alpha value is -0.610. The summed E-state index contributed by atoms with van der Waals surface area (Å²) in [6.07, 6.45) is 5.94. The van der Waals surface area contributed by atoms with Crippen molar-refractivity contribution in [3.05, 3.63) is 0 Å². The third-order valence-corrected chi connectivity index (χ3v) is 4.44. The summed E-state index contributed by atoms with van der Waals surface area (Å²) in [6.45, 7) is 3.25. The normalized spacial score (nSPS) is 33.2. The van der Waals surface area contributed by atoms with E-state index >= 15 is 0 Å². The predicted octanol–water partition coefficient (Wildman–Crippen LogP) is 1.41. The van der Waals surface area contributed by atoms with Gasteiger partial charge in [0.2, 0.25) is 0 Å². The van der Waals surface area contributed by atoms with Crippen molar-refractivity contribution in [2.45, 2.75) is 57.2 Å². The first-order valence-corrected chi connectivity index (χ1v) is 6.79. The molecule has 0 aromatic rings. The summed E-state index contributed by atoms with van der Waals surface area (Å²) in [7, 11) is 2.22. The molecule has 2 saturated heterocycles. The van der Waals surface area contributed by atoms with Crippen molar-refractivity contribution in [2.75, 3.05) is 20.1 Å². The van der Waals surface area contributed by atoms with E-state index in [1.54, 1.807) is 0 Å². The quantitative estimate of drug-likeness (QED) is 0.789. The molecule has 2 aliphatic heterocycles. The maximum Gasteiger partial charge on any atom is 0.317 e. The van der Waals surface area contributed by atoms with Gasteiger partial charge < -0.3 is 10.0 Å². The number of carbonyl (C=O) groups is 1. The lowest BCUT2D eigenvalue weighted by Crippen LogP contribution is -2.50. The molecule has 2 bridgehead atoms. The van der Waals surface area contributed by atoms with Crippen LogP contribution in [0.1, 0.15) is 39.0 Å². The molecule has 2 fully saturated rings. The Morgan fingerprint density at radius 1 is 1.35 bits per heavy atom. The maximum atomic E-state index is 10.9. The molecule has 98 valence electrons. The number of hydrogen-bond acceptors (Lipinski definition) is 3. The zero-order valence-electron chi connectivity index (χ0n) is 10.9. The fourth-order valence-corrected chi connectivity index (χ4v) is 3.53. The molecule has 2 aliphatic rings. The number of nitrogens with zero attached hydrogens (tertiary/aromatic N) is 2. The average molecular weight is 240 g/mol. The molecule has 2 unspecified atom stereocenters. The van der Waals surface area contributed by atoms with Gasteiger partial charge in [-0.25, -0.2) is 0 Å². The first-order chi connectivity index (χ1) is 8.11. The molecule has 2 rings (SSSR count). The SMILES string of the molecule is CCCN(CC(=O)O)C1CC2CCC(C1)N2C. The summed E-state index contributed by atoms with van der Waals surface area (Å²) in [4.78, 5) is 15.6. The van der Waals surface area contributed by atoms with Crippen LogP contribution in [0.15, 0.2) is 0 Å². The van der Waals surface area contributed by atoms with Gasteiger partial charge in [-0.05, 0) is 45.7 Å². The van der Waals surface area contributed by atoms with Gasteiger partial charge in [0.1, 0.15) is 0 Å². The van der Waals surface area contributed by atoms with Crippen LogP contribution in [0.25, 0.3) is 0 Å². The summed E-state index contributed by atoms with van der Waals surface area (Å²) in [5, 5.41) is 8.99. The Morgan fingerprint density at radius 3 is 2.41 bits per heavy atom. The van der Waals surface area contributed by atoms with Gasteiger partial charge >= 0.3 is 5.97 Å². The minimum atomic E-state index is -0.690. The number of hydrogen-bond donors (Lipinski definition) is 1. The molecule has 0 spiro atoms. The minimum Gasteiger partial charge on any atom is -0.480 e. The lowest BCUT2D eigenvalue weighted by Gasteiger charge is -2.41. The largest absolute Gasteiger partial charge is 0.480 e. The zero-order chi connectivity index (χ0) is 12.4. The lowest BCUT2D eigenvalue weighted by atomic mass is 9.96. The second-order valence-corrected chi connectivity index (χ2v) is 5.54. The smallest absolute Gasteiger partial charge is 0.317 e. The molecule has 2 atom stereocenters. The Balaban J connectivity index is 1.98. The van der Waals surface area contributed by atoms with Gasteiger partial charge in [0.05, 0.1) is 6.54 Å². The van der Waals surface area contributed by atoms with Crippen molar-refractivity contribution in [3.63, 3.8) is 0 Å². The van der Waals surface area contributed by atoms with E-state index < -0.39 is 5.97 Å². The molecule has 1 N–H and O–H groups in total. The van der Waals surface area contributed by atoms with E-state index in [0.29, 0.717) is 18.1 Å². The molecular formula is C13H24N2O2. The van der Waals surface area contributed by atoms with Gasteiger partial charge in [0.15, 0.2) is 0 Å². The average Bonchev–Trinajstić information content (AvgIpc) is 2.52. The molecule has 2 heterocycles. The van der Waals surface area contributed by atoms with E-state index in [2.05, 4.69) is 23.8 Å². The van der Waals surface area contributed by atoms with Crippen molar-refractivity contribution in [1.29, 1.82) is 0 Å². The van der Waals surface area contributed by atoms with Crippen molar-refractivity contribution < 1.29 is 9.90 Å². The Kier molecular flexibility index (Phi) is 4.05. The van der Waals surface area contributed by atoms with Crippen LogP contribution in [-0.4, -0.2) is 59.1 Å². The fourth-order valence-electron chi connectivity index (χ4n) is 3.53. The van der Waals surface area contributed by atoms with E-state index in [0.717, 1.165) is 25.8 Å². The van der Waals surface area contributed by atoms with Crippen molar-refractivity contribution >= 4 is 5.97 Å². The predicted molar refractivity (Wildman–Crippen MR) is 67.1 cm³/mol. The van der Waals surface area contributed by atoms with E-state index in [1.165, 1.54) is 12.8 Å². The zero-order valence-corrected chi connectivity index (χ0v) is 10.9. The highest BCUT2D eigenvalue weighted by Gasteiger charge is 2.40. The Labute approximate surface area is 104 Å². The molecular weight excluding hydrogens is 216 g/mol. The summed E-state index contributed by atoms with van der Waals surface area (Å²) in [5.41, 5.74) is 0. The first kappa shape index (κ1) is 12.8. The van der Waals surface area contributed by atoms with Crippen LogP contribution >= 0.6 is 0 Å². The van der Waals surface area contributed by atoms with Gasteiger partial charge in [0.25, 0.3) is 0 Å². The second-order valence-electron chi connectivity index (χ2n) is 5.54. The third kappa shape index (κ3) is 2.80. The molecule has 0 aromatic carbocycles. The highest BCUT2D eigenvalue weighted by Crippen LogP contribution is 2.36. The minimum absolute atomic E-state index is 0.210. The van der Waals surface area contributed by atoms with E-state index in [1.807, 2.05) is 0 Å². The van der Waals surface area contributed by atoms with Crippen LogP contribution < -0.4 is 0 Å². The van der Waals surface area contributed by atoms with Gasteiger partial charge in [-0.2, -0.15) is 0 Å². The number of carboxylic acids is 1. The lowest BCUT2D eigenvalue weighted by molar-refractivity contribution is -0.139. The summed E-state index contributed by atoms with van der Waals surface area (Å²) in [5.74, 6) is -0.690. The topological polar surface area (TPSA) is 43.8 Å². The van der Waals surface area contributed by atoms with Crippen LogP contribution in [0.5, 0.6) is 0 Å². The number of piperidine rings is 1. The molecule has 0 saturated carbocycles. The van der Waals surface area contributed by atoms with Crippen molar-refractivity contribution in [3.8, 4) is 0 Å². The Morgan fingerprint density at radius 2 is 1.94 bits per heavy atom. The first-order valence-electron chi connectivity index (χ1n) is 6.79. The van der Waals surface area contributed by atoms with Crippen LogP contribution in [0, 0.1) is 0 Å². The van der Waals surface area contributed by atoms with Gasteiger partial charge in [-0.1, -0.05) is 6.92 Å². The molecule has 17 heavy (non-hydrogen) atoms. The van der Waals surface area contributed by atoms with Crippen LogP contribution in [0.3, 0.4) is 0 Å². The molecule has 4 heteroatoms. The van der Waals surface area contributed by atoms with Gasteiger partial charge in [-0.3, -0.25) is 9.69 Å². The monoisotopic (exact) mass is 240 g/mol. The van der Waals surface area contributed by atoms with Crippen LogP contribution in [-0.2, 0) is 4.79 Å². The van der Waals surface area contributed by atoms with Gasteiger partial charge in [0, 0.05) is 18.1 Å². The number of carboxylic acid groups (broad SMARTS) is 1. The second kappa shape index (κ2) is 5.36. The van der Waals surface area contributed by atoms with E-state index in [-0.39, 0.29) is 6.54 Å². The molecule has 0 radical (unpaired) electrons. The van der Waals surface area contributed by atoms with Crippen LogP contribution in [0.2, 0.25) is 0 Å². The molecule has 0 amide bonds. The highest BCUT2D eigenvalue weighted by atomic mass is 16.4. The van der Waals surface area contributed by atoms with Gasteiger partial charge in [-0.15, -0.1) is 0 Å². The van der Waals surface area contributed by atoms with Crippen molar-refractivity contribution in [1.82, 2.24) is 9.80 Å².